The van der Waals surface area contributed by atoms with E-state index in [1.54, 1.807) is 11.7 Å². The van der Waals surface area contributed by atoms with Gasteiger partial charge >= 0.3 is 5.69 Å². The van der Waals surface area contributed by atoms with Crippen molar-refractivity contribution in [2.75, 3.05) is 25.0 Å². The molecule has 1 aromatic heterocycles. The molecule has 0 saturated carbocycles. The van der Waals surface area contributed by atoms with Crippen LogP contribution in [0.2, 0.25) is 0 Å². The fourth-order valence-corrected chi connectivity index (χ4v) is 2.85. The topological polar surface area (TPSA) is 76.2 Å². The van der Waals surface area contributed by atoms with Crippen molar-refractivity contribution in [1.82, 2.24) is 15.1 Å². The van der Waals surface area contributed by atoms with Gasteiger partial charge in [0.1, 0.15) is 5.69 Å². The Morgan fingerprint density at radius 3 is 2.80 bits per heavy atom. The summed E-state index contributed by atoms with van der Waals surface area (Å²) in [6.45, 7) is 5.65. The minimum atomic E-state index is -0.309. The number of anilines is 1. The first-order valence-electron chi connectivity index (χ1n) is 7.07. The number of likely N-dealkylation sites (N-methyl/N-ethyl adjacent to an activating group) is 1. The first kappa shape index (κ1) is 14.8. The van der Waals surface area contributed by atoms with Crippen molar-refractivity contribution in [3.63, 3.8) is 0 Å². The second-order valence-corrected chi connectivity index (χ2v) is 5.77. The highest BCUT2D eigenvalue weighted by Crippen LogP contribution is 2.34. The third kappa shape index (κ3) is 2.77. The predicted octanol–water partition coefficient (Wildman–Crippen LogP) is 1.64. The minimum Gasteiger partial charge on any atom is -0.353 e. The van der Waals surface area contributed by atoms with Crippen LogP contribution in [0.4, 0.5) is 11.5 Å². The molecule has 7 nitrogen and oxygen atoms in total. The third-order valence-electron chi connectivity index (χ3n) is 3.77. The van der Waals surface area contributed by atoms with Gasteiger partial charge in [-0.15, -0.1) is 0 Å². The predicted molar refractivity (Wildman–Crippen MR) is 78.2 cm³/mol. The number of aromatic nitrogens is 2. The molecule has 2 rings (SSSR count). The number of rotatable bonds is 5. The Hall–Kier alpha value is -1.63. The maximum atomic E-state index is 11.4. The van der Waals surface area contributed by atoms with Crippen molar-refractivity contribution in [1.29, 1.82) is 0 Å². The van der Waals surface area contributed by atoms with E-state index in [-0.39, 0.29) is 16.5 Å². The van der Waals surface area contributed by atoms with Crippen LogP contribution >= 0.6 is 0 Å². The lowest BCUT2D eigenvalue weighted by atomic mass is 10.1. The lowest BCUT2D eigenvalue weighted by Crippen LogP contribution is -2.36. The highest BCUT2D eigenvalue weighted by atomic mass is 16.6. The molecule has 1 aliphatic heterocycles. The van der Waals surface area contributed by atoms with Crippen molar-refractivity contribution in [3.8, 4) is 0 Å². The Bertz CT molecular complexity index is 491. The zero-order valence-corrected chi connectivity index (χ0v) is 12.6. The van der Waals surface area contributed by atoms with E-state index in [1.807, 2.05) is 25.8 Å². The average Bonchev–Trinajstić information content (AvgIpc) is 2.95. The van der Waals surface area contributed by atoms with E-state index in [4.69, 9.17) is 0 Å². The minimum absolute atomic E-state index is 0.0355. The Kier molecular flexibility index (Phi) is 4.27. The number of hydrogen-bond acceptors (Lipinski definition) is 5. The molecule has 2 heterocycles. The first-order chi connectivity index (χ1) is 9.41. The summed E-state index contributed by atoms with van der Waals surface area (Å²) in [6.07, 6.45) is 2.29. The smallest absolute Gasteiger partial charge is 0.334 e. The van der Waals surface area contributed by atoms with Gasteiger partial charge in [0.25, 0.3) is 0 Å². The van der Waals surface area contributed by atoms with E-state index < -0.39 is 0 Å². The van der Waals surface area contributed by atoms with E-state index in [0.717, 1.165) is 19.5 Å². The summed E-state index contributed by atoms with van der Waals surface area (Å²) in [4.78, 5) is 13.0. The number of hydrogen-bond donors (Lipinski definition) is 1. The van der Waals surface area contributed by atoms with Gasteiger partial charge in [-0.2, -0.15) is 5.10 Å². The molecule has 1 unspecified atom stereocenters. The maximum Gasteiger partial charge on any atom is 0.334 e. The molecule has 1 aliphatic rings. The Balaban J connectivity index is 2.31. The molecule has 1 saturated heterocycles. The van der Waals surface area contributed by atoms with Crippen LogP contribution in [0.15, 0.2) is 0 Å². The Labute approximate surface area is 119 Å². The highest BCUT2D eigenvalue weighted by Gasteiger charge is 2.31. The lowest BCUT2D eigenvalue weighted by molar-refractivity contribution is -0.385. The molecule has 1 N–H and O–H groups in total. The molecular formula is C13H23N5O2. The van der Waals surface area contributed by atoms with Crippen molar-refractivity contribution in [2.24, 2.45) is 7.05 Å². The molecule has 0 aromatic carbocycles. The quantitative estimate of drug-likeness (QED) is 0.656. The fourth-order valence-electron chi connectivity index (χ4n) is 2.85. The number of aryl methyl sites for hydroxylation is 1. The monoisotopic (exact) mass is 281 g/mol. The van der Waals surface area contributed by atoms with Crippen LogP contribution in [0.1, 0.15) is 38.3 Å². The van der Waals surface area contributed by atoms with Crippen LogP contribution in [-0.2, 0) is 7.05 Å². The van der Waals surface area contributed by atoms with Crippen molar-refractivity contribution >= 4 is 11.5 Å². The van der Waals surface area contributed by atoms with E-state index in [1.165, 1.54) is 6.42 Å². The molecule has 0 spiro atoms. The number of nitro groups is 1. The summed E-state index contributed by atoms with van der Waals surface area (Å²) >= 11 is 0. The summed E-state index contributed by atoms with van der Waals surface area (Å²) in [5, 5.41) is 19.2. The van der Waals surface area contributed by atoms with E-state index >= 15 is 0 Å². The van der Waals surface area contributed by atoms with Crippen molar-refractivity contribution in [3.05, 3.63) is 15.8 Å². The molecule has 7 heteroatoms. The van der Waals surface area contributed by atoms with Gasteiger partial charge in [0.05, 0.1) is 4.92 Å². The molecular weight excluding hydrogens is 258 g/mol. The van der Waals surface area contributed by atoms with Crippen LogP contribution in [-0.4, -0.2) is 40.9 Å². The summed E-state index contributed by atoms with van der Waals surface area (Å²) in [5.74, 6) is 0.626. The Morgan fingerprint density at radius 2 is 2.30 bits per heavy atom. The zero-order chi connectivity index (χ0) is 14.9. The second kappa shape index (κ2) is 5.78. The van der Waals surface area contributed by atoms with E-state index in [2.05, 4.69) is 10.4 Å². The molecule has 0 amide bonds. The van der Waals surface area contributed by atoms with E-state index in [0.29, 0.717) is 17.6 Å². The maximum absolute atomic E-state index is 11.4. The van der Waals surface area contributed by atoms with Crippen LogP contribution in [0.5, 0.6) is 0 Å². The summed E-state index contributed by atoms with van der Waals surface area (Å²) in [5.41, 5.74) is 0.696. The van der Waals surface area contributed by atoms with Gasteiger partial charge in [0.2, 0.25) is 5.82 Å². The van der Waals surface area contributed by atoms with Gasteiger partial charge in [-0.05, 0) is 19.4 Å². The largest absolute Gasteiger partial charge is 0.353 e. The zero-order valence-electron chi connectivity index (χ0n) is 12.6. The third-order valence-corrected chi connectivity index (χ3v) is 3.77. The first-order valence-corrected chi connectivity index (χ1v) is 7.07. The number of nitrogens with zero attached hydrogens (tertiary/aromatic N) is 4. The summed E-state index contributed by atoms with van der Waals surface area (Å²) in [6, 6.07) is 0.400. The molecule has 1 aromatic rings. The van der Waals surface area contributed by atoms with Gasteiger partial charge in [0, 0.05) is 32.6 Å². The summed E-state index contributed by atoms with van der Waals surface area (Å²) in [7, 11) is 3.67. The van der Waals surface area contributed by atoms with Gasteiger partial charge < -0.3 is 10.2 Å². The number of nitrogens with one attached hydrogen (secondary N) is 1. The average molecular weight is 281 g/mol. The molecule has 1 atom stereocenters. The Morgan fingerprint density at radius 1 is 1.60 bits per heavy atom. The van der Waals surface area contributed by atoms with Crippen LogP contribution in [0, 0.1) is 10.1 Å². The van der Waals surface area contributed by atoms with Crippen molar-refractivity contribution < 1.29 is 4.92 Å². The normalized spacial score (nSPS) is 18.8. The van der Waals surface area contributed by atoms with Crippen LogP contribution in [0.25, 0.3) is 0 Å². The molecule has 0 bridgehead atoms. The van der Waals surface area contributed by atoms with Gasteiger partial charge in [0.15, 0.2) is 0 Å². The van der Waals surface area contributed by atoms with Gasteiger partial charge in [-0.1, -0.05) is 13.8 Å². The highest BCUT2D eigenvalue weighted by molar-refractivity contribution is 5.62. The molecule has 1 fully saturated rings. The molecule has 0 radical (unpaired) electrons. The van der Waals surface area contributed by atoms with Gasteiger partial charge in [-0.25, -0.2) is 4.68 Å². The molecule has 20 heavy (non-hydrogen) atoms. The standard InChI is InChI=1S/C13H23N5O2/c1-9(2)11-12(18(19)20)13(17(4)15-11)16(3)8-10-6-5-7-14-10/h9-10,14H,5-8H2,1-4H3. The SMILES string of the molecule is CC(C)c1nn(C)c(N(C)CC2CCCN2)c1[N+](=O)[O-]. The lowest BCUT2D eigenvalue weighted by Gasteiger charge is -2.22. The van der Waals surface area contributed by atoms with E-state index in [9.17, 15) is 10.1 Å². The fraction of sp³-hybridized carbons (Fsp3) is 0.769. The molecule has 0 aliphatic carbocycles. The van der Waals surface area contributed by atoms with Crippen molar-refractivity contribution in [2.45, 2.75) is 38.6 Å². The van der Waals surface area contributed by atoms with Crippen LogP contribution < -0.4 is 10.2 Å². The second-order valence-electron chi connectivity index (χ2n) is 5.77. The van der Waals surface area contributed by atoms with Crippen LogP contribution in [0.3, 0.4) is 0 Å². The van der Waals surface area contributed by atoms with Gasteiger partial charge in [-0.3, -0.25) is 10.1 Å². The summed E-state index contributed by atoms with van der Waals surface area (Å²) < 4.78 is 1.63. The molecule has 112 valence electrons.